The minimum absolute atomic E-state index is 0.123. The van der Waals surface area contributed by atoms with E-state index < -0.39 is 10.0 Å². The number of hydrogen-bond donors (Lipinski definition) is 1. The van der Waals surface area contributed by atoms with Crippen LogP contribution in [0, 0.1) is 0 Å². The van der Waals surface area contributed by atoms with Crippen molar-refractivity contribution in [2.45, 2.75) is 19.8 Å². The van der Waals surface area contributed by atoms with Crippen LogP contribution in [0.2, 0.25) is 0 Å². The quantitative estimate of drug-likeness (QED) is 0.714. The van der Waals surface area contributed by atoms with E-state index in [1.807, 2.05) is 44.2 Å². The molecular weight excluding hydrogens is 364 g/mol. The smallest absolute Gasteiger partial charge is 0.240 e. The highest BCUT2D eigenvalue weighted by Crippen LogP contribution is 2.29. The maximum Gasteiger partial charge on any atom is 0.240 e. The molecule has 1 amide bonds. The Morgan fingerprint density at radius 2 is 1.74 bits per heavy atom. The lowest BCUT2D eigenvalue weighted by Gasteiger charge is -2.24. The third kappa shape index (κ3) is 5.99. The number of sulfonamides is 1. The van der Waals surface area contributed by atoms with Crippen molar-refractivity contribution >= 4 is 21.6 Å². The molecule has 0 radical (unpaired) electrons. The Hall–Kier alpha value is -2.54. The Bertz CT molecular complexity index is 853. The third-order valence-electron chi connectivity index (χ3n) is 4.10. The average Bonchev–Trinajstić information content (AvgIpc) is 2.65. The van der Waals surface area contributed by atoms with Crippen LogP contribution >= 0.6 is 0 Å². The van der Waals surface area contributed by atoms with E-state index in [0.717, 1.165) is 16.1 Å². The maximum atomic E-state index is 12.4. The molecule has 0 aliphatic carbocycles. The molecule has 0 bridgehead atoms. The molecule has 1 atom stereocenters. The lowest BCUT2D eigenvalue weighted by Crippen LogP contribution is -2.41. The fourth-order valence-electron chi connectivity index (χ4n) is 2.67. The van der Waals surface area contributed by atoms with E-state index in [1.54, 1.807) is 24.3 Å². The first-order valence-corrected chi connectivity index (χ1v) is 10.7. The summed E-state index contributed by atoms with van der Waals surface area (Å²) in [5, 5.41) is 2.82. The lowest BCUT2D eigenvalue weighted by molar-refractivity contribution is -0.119. The number of para-hydroxylation sites is 2. The molecule has 0 spiro atoms. The van der Waals surface area contributed by atoms with Crippen LogP contribution < -0.4 is 14.4 Å². The first-order valence-electron chi connectivity index (χ1n) is 8.84. The van der Waals surface area contributed by atoms with Crippen LogP contribution in [0.5, 0.6) is 5.75 Å². The number of amides is 1. The summed E-state index contributed by atoms with van der Waals surface area (Å²) in [7, 11) is -3.65. The Balaban J connectivity index is 2.10. The molecule has 2 rings (SSSR count). The van der Waals surface area contributed by atoms with Crippen LogP contribution in [0.25, 0.3) is 0 Å². The summed E-state index contributed by atoms with van der Waals surface area (Å²) in [5.41, 5.74) is 1.47. The highest BCUT2D eigenvalue weighted by Gasteiger charge is 2.24. The zero-order valence-corrected chi connectivity index (χ0v) is 16.7. The first-order chi connectivity index (χ1) is 12.8. The van der Waals surface area contributed by atoms with Crippen LogP contribution in [0.3, 0.4) is 0 Å². The molecule has 0 aliphatic rings. The molecule has 6 nitrogen and oxygen atoms in total. The van der Waals surface area contributed by atoms with E-state index in [2.05, 4.69) is 5.32 Å². The summed E-state index contributed by atoms with van der Waals surface area (Å²) < 4.78 is 31.1. The molecule has 2 aromatic rings. The number of ether oxygens (including phenoxy) is 1. The number of nitrogens with one attached hydrogen (secondary N) is 1. The van der Waals surface area contributed by atoms with E-state index in [0.29, 0.717) is 24.6 Å². The minimum atomic E-state index is -3.65. The molecule has 146 valence electrons. The fraction of sp³-hybridized carbons (Fsp3) is 0.350. The summed E-state index contributed by atoms with van der Waals surface area (Å²) >= 11 is 0. The minimum Gasteiger partial charge on any atom is -0.492 e. The van der Waals surface area contributed by atoms with Gasteiger partial charge in [0.25, 0.3) is 0 Å². The maximum absolute atomic E-state index is 12.4. The molecule has 0 aliphatic heterocycles. The second-order valence-electron chi connectivity index (χ2n) is 6.29. The van der Waals surface area contributed by atoms with Crippen LogP contribution in [0.4, 0.5) is 5.69 Å². The molecule has 0 saturated carbocycles. The predicted molar refractivity (Wildman–Crippen MR) is 108 cm³/mol. The van der Waals surface area contributed by atoms with Crippen molar-refractivity contribution in [3.8, 4) is 5.75 Å². The van der Waals surface area contributed by atoms with Gasteiger partial charge in [0.05, 0.1) is 18.6 Å². The molecule has 1 unspecified atom stereocenters. The predicted octanol–water partition coefficient (Wildman–Crippen LogP) is 2.77. The summed E-state index contributed by atoms with van der Waals surface area (Å²) in [4.78, 5) is 12.4. The normalized spacial score (nSPS) is 12.3. The van der Waals surface area contributed by atoms with Gasteiger partial charge >= 0.3 is 0 Å². The summed E-state index contributed by atoms with van der Waals surface area (Å²) in [6.45, 7) is 4.35. The second-order valence-corrected chi connectivity index (χ2v) is 8.19. The Labute approximate surface area is 161 Å². The second kappa shape index (κ2) is 9.41. The molecule has 0 fully saturated rings. The van der Waals surface area contributed by atoms with E-state index in [9.17, 15) is 13.2 Å². The largest absolute Gasteiger partial charge is 0.492 e. The fourth-order valence-corrected chi connectivity index (χ4v) is 3.53. The van der Waals surface area contributed by atoms with Crippen LogP contribution in [-0.2, 0) is 14.8 Å². The molecule has 27 heavy (non-hydrogen) atoms. The monoisotopic (exact) mass is 390 g/mol. The van der Waals surface area contributed by atoms with E-state index >= 15 is 0 Å². The van der Waals surface area contributed by atoms with Crippen LogP contribution in [0.1, 0.15) is 25.3 Å². The average molecular weight is 391 g/mol. The van der Waals surface area contributed by atoms with Crippen LogP contribution in [-0.4, -0.2) is 40.3 Å². The molecule has 7 heteroatoms. The molecule has 2 aromatic carbocycles. The molecule has 0 saturated heterocycles. The van der Waals surface area contributed by atoms with Gasteiger partial charge in [-0.3, -0.25) is 9.10 Å². The van der Waals surface area contributed by atoms with Crippen LogP contribution in [0.15, 0.2) is 54.6 Å². The number of nitrogens with zero attached hydrogens (tertiary/aromatic N) is 1. The van der Waals surface area contributed by atoms with Crippen molar-refractivity contribution in [2.75, 3.05) is 30.3 Å². The Morgan fingerprint density at radius 3 is 2.37 bits per heavy atom. The zero-order valence-electron chi connectivity index (χ0n) is 15.9. The standard InChI is InChI=1S/C20H26N2O4S/c1-4-26-19-13-9-8-12-18(19)22(27(3,24)25)15-20(23)21-14-16(2)17-10-6-5-7-11-17/h5-13,16H,4,14-15H2,1-3H3,(H,21,23). The van der Waals surface area contributed by atoms with Gasteiger partial charge in [0.2, 0.25) is 15.9 Å². The number of carbonyl (C=O) groups excluding carboxylic acids is 1. The van der Waals surface area contributed by atoms with Crippen molar-refractivity contribution in [3.63, 3.8) is 0 Å². The van der Waals surface area contributed by atoms with Crippen molar-refractivity contribution < 1.29 is 17.9 Å². The Morgan fingerprint density at radius 1 is 1.11 bits per heavy atom. The molecule has 1 N–H and O–H groups in total. The first kappa shape index (κ1) is 20.8. The van der Waals surface area contributed by atoms with Crippen molar-refractivity contribution in [1.29, 1.82) is 0 Å². The van der Waals surface area contributed by atoms with Gasteiger partial charge in [-0.1, -0.05) is 49.4 Å². The van der Waals surface area contributed by atoms with Gasteiger partial charge in [0, 0.05) is 6.54 Å². The summed E-state index contributed by atoms with van der Waals surface area (Å²) in [6.07, 6.45) is 1.08. The summed E-state index contributed by atoms with van der Waals surface area (Å²) in [5.74, 6) is 0.183. The number of carbonyl (C=O) groups is 1. The van der Waals surface area contributed by atoms with Gasteiger partial charge in [0.1, 0.15) is 12.3 Å². The topological polar surface area (TPSA) is 75.7 Å². The molecule has 0 heterocycles. The zero-order chi connectivity index (χ0) is 19.9. The third-order valence-corrected chi connectivity index (χ3v) is 5.22. The molecular formula is C20H26N2O4S. The lowest BCUT2D eigenvalue weighted by atomic mass is 10.0. The number of rotatable bonds is 9. The Kier molecular flexibility index (Phi) is 7.24. The number of benzene rings is 2. The van der Waals surface area contributed by atoms with E-state index in [-0.39, 0.29) is 18.4 Å². The van der Waals surface area contributed by atoms with Crippen molar-refractivity contribution in [2.24, 2.45) is 0 Å². The van der Waals surface area contributed by atoms with Gasteiger partial charge < -0.3 is 10.1 Å². The van der Waals surface area contributed by atoms with Gasteiger partial charge in [-0.05, 0) is 30.5 Å². The van der Waals surface area contributed by atoms with E-state index in [4.69, 9.17) is 4.74 Å². The van der Waals surface area contributed by atoms with Crippen molar-refractivity contribution in [1.82, 2.24) is 5.32 Å². The SMILES string of the molecule is CCOc1ccccc1N(CC(=O)NCC(C)c1ccccc1)S(C)(=O)=O. The highest BCUT2D eigenvalue weighted by molar-refractivity contribution is 7.92. The van der Waals surface area contributed by atoms with Gasteiger partial charge in [-0.15, -0.1) is 0 Å². The number of anilines is 1. The highest BCUT2D eigenvalue weighted by atomic mass is 32.2. The summed E-state index contributed by atoms with van der Waals surface area (Å²) in [6, 6.07) is 16.6. The van der Waals surface area contributed by atoms with Gasteiger partial charge in [-0.25, -0.2) is 8.42 Å². The van der Waals surface area contributed by atoms with Crippen molar-refractivity contribution in [3.05, 3.63) is 60.2 Å². The molecule has 0 aromatic heterocycles. The van der Waals surface area contributed by atoms with Gasteiger partial charge in [0.15, 0.2) is 0 Å². The van der Waals surface area contributed by atoms with Gasteiger partial charge in [-0.2, -0.15) is 0 Å². The number of hydrogen-bond acceptors (Lipinski definition) is 4. The van der Waals surface area contributed by atoms with E-state index in [1.165, 1.54) is 0 Å².